The number of hydrogen-bond acceptors (Lipinski definition) is 7. The standard InChI is InChI=1S/C18H26N6O2/c1-3-26-18-22-16(19-8-9-24-10-12-25-13-11-24)21-17(23-18)20-15-6-4-14(2)5-7-15/h4-7H,3,8-13H2,1-2H3,(H2,19,20,21,22,23)/p+1. The summed E-state index contributed by atoms with van der Waals surface area (Å²) in [4.78, 5) is 14.6. The van der Waals surface area contributed by atoms with E-state index in [1.807, 2.05) is 31.2 Å². The molecule has 1 aliphatic heterocycles. The Morgan fingerprint density at radius 2 is 1.81 bits per heavy atom. The van der Waals surface area contributed by atoms with Gasteiger partial charge in [0.1, 0.15) is 13.1 Å². The van der Waals surface area contributed by atoms with E-state index in [0.717, 1.165) is 45.1 Å². The molecule has 0 amide bonds. The first-order valence-corrected chi connectivity index (χ1v) is 9.10. The number of anilines is 3. The fourth-order valence-corrected chi connectivity index (χ4v) is 2.71. The van der Waals surface area contributed by atoms with E-state index in [-0.39, 0.29) is 0 Å². The van der Waals surface area contributed by atoms with Gasteiger partial charge in [-0.2, -0.15) is 15.0 Å². The van der Waals surface area contributed by atoms with Gasteiger partial charge in [0, 0.05) is 5.69 Å². The molecule has 2 heterocycles. The van der Waals surface area contributed by atoms with Gasteiger partial charge in [0.15, 0.2) is 0 Å². The van der Waals surface area contributed by atoms with E-state index in [4.69, 9.17) is 9.47 Å². The Kier molecular flexibility index (Phi) is 6.56. The Hall–Kier alpha value is -2.45. The first-order chi connectivity index (χ1) is 12.7. The molecule has 0 atom stereocenters. The minimum atomic E-state index is 0.318. The molecule has 2 aromatic rings. The van der Waals surface area contributed by atoms with Crippen LogP contribution in [0.2, 0.25) is 0 Å². The second-order valence-electron chi connectivity index (χ2n) is 6.23. The van der Waals surface area contributed by atoms with Crippen molar-refractivity contribution >= 4 is 17.6 Å². The maximum absolute atomic E-state index is 5.48. The third-order valence-corrected chi connectivity index (χ3v) is 4.16. The zero-order valence-corrected chi connectivity index (χ0v) is 15.4. The number of hydrogen-bond donors (Lipinski definition) is 3. The summed E-state index contributed by atoms with van der Waals surface area (Å²) in [5.41, 5.74) is 2.13. The number of aryl methyl sites for hydroxylation is 1. The van der Waals surface area contributed by atoms with Crippen molar-refractivity contribution in [2.45, 2.75) is 13.8 Å². The van der Waals surface area contributed by atoms with E-state index < -0.39 is 0 Å². The van der Waals surface area contributed by atoms with Crippen LogP contribution in [0.25, 0.3) is 0 Å². The number of benzene rings is 1. The van der Waals surface area contributed by atoms with E-state index in [2.05, 4.69) is 32.5 Å². The number of quaternary nitrogens is 1. The smallest absolute Gasteiger partial charge is 0.323 e. The van der Waals surface area contributed by atoms with Crippen LogP contribution in [0.3, 0.4) is 0 Å². The summed E-state index contributed by atoms with van der Waals surface area (Å²) in [6.45, 7) is 10.0. The summed E-state index contributed by atoms with van der Waals surface area (Å²) in [5, 5.41) is 6.49. The molecule has 0 saturated carbocycles. The van der Waals surface area contributed by atoms with Crippen LogP contribution in [0.1, 0.15) is 12.5 Å². The fourth-order valence-electron chi connectivity index (χ4n) is 2.71. The average molecular weight is 359 g/mol. The summed E-state index contributed by atoms with van der Waals surface area (Å²) in [7, 11) is 0. The van der Waals surface area contributed by atoms with E-state index in [9.17, 15) is 0 Å². The molecule has 1 fully saturated rings. The van der Waals surface area contributed by atoms with Gasteiger partial charge in [0.25, 0.3) is 0 Å². The highest BCUT2D eigenvalue weighted by Gasteiger charge is 2.14. The number of rotatable bonds is 8. The third-order valence-electron chi connectivity index (χ3n) is 4.16. The Bertz CT molecular complexity index is 689. The third kappa shape index (κ3) is 5.53. The quantitative estimate of drug-likeness (QED) is 0.638. The lowest BCUT2D eigenvalue weighted by molar-refractivity contribution is -0.906. The fraction of sp³-hybridized carbons (Fsp3) is 0.500. The van der Waals surface area contributed by atoms with Crippen LogP contribution in [0.4, 0.5) is 17.6 Å². The number of nitrogens with zero attached hydrogens (tertiary/aromatic N) is 3. The van der Waals surface area contributed by atoms with Gasteiger partial charge in [-0.1, -0.05) is 17.7 Å². The molecule has 0 bridgehead atoms. The number of morpholine rings is 1. The highest BCUT2D eigenvalue weighted by atomic mass is 16.5. The van der Waals surface area contributed by atoms with E-state index in [1.54, 1.807) is 0 Å². The molecule has 140 valence electrons. The molecule has 8 nitrogen and oxygen atoms in total. The molecule has 0 unspecified atom stereocenters. The molecule has 3 N–H and O–H groups in total. The molecule has 26 heavy (non-hydrogen) atoms. The highest BCUT2D eigenvalue weighted by Crippen LogP contribution is 2.17. The molecule has 0 radical (unpaired) electrons. The minimum Gasteiger partial charge on any atom is -0.464 e. The minimum absolute atomic E-state index is 0.318. The summed E-state index contributed by atoms with van der Waals surface area (Å²) in [6, 6.07) is 8.38. The number of nitrogens with one attached hydrogen (secondary N) is 3. The predicted octanol–water partition coefficient (Wildman–Crippen LogP) is 0.649. The monoisotopic (exact) mass is 359 g/mol. The normalized spacial score (nSPS) is 14.8. The topological polar surface area (TPSA) is 85.6 Å². The number of aromatic nitrogens is 3. The molecular formula is C18H27N6O2+. The highest BCUT2D eigenvalue weighted by molar-refractivity contribution is 5.54. The Labute approximate surface area is 154 Å². The zero-order chi connectivity index (χ0) is 18.2. The first-order valence-electron chi connectivity index (χ1n) is 9.10. The van der Waals surface area contributed by atoms with Crippen molar-refractivity contribution < 1.29 is 14.4 Å². The van der Waals surface area contributed by atoms with Crippen LogP contribution in [0.5, 0.6) is 6.01 Å². The molecule has 1 aromatic carbocycles. The van der Waals surface area contributed by atoms with E-state index in [0.29, 0.717) is 24.5 Å². The lowest BCUT2D eigenvalue weighted by Crippen LogP contribution is -3.14. The molecule has 8 heteroatoms. The van der Waals surface area contributed by atoms with Crippen molar-refractivity contribution in [3.8, 4) is 6.01 Å². The molecular weight excluding hydrogens is 332 g/mol. The van der Waals surface area contributed by atoms with Crippen molar-refractivity contribution in [2.75, 3.05) is 56.6 Å². The lowest BCUT2D eigenvalue weighted by Gasteiger charge is -2.23. The average Bonchev–Trinajstić information content (AvgIpc) is 2.65. The van der Waals surface area contributed by atoms with Crippen molar-refractivity contribution in [1.29, 1.82) is 0 Å². The summed E-state index contributed by atoms with van der Waals surface area (Å²) in [6.07, 6.45) is 0. The second-order valence-corrected chi connectivity index (χ2v) is 6.23. The van der Waals surface area contributed by atoms with E-state index >= 15 is 0 Å². The largest absolute Gasteiger partial charge is 0.464 e. The second kappa shape index (κ2) is 9.30. The van der Waals surface area contributed by atoms with Crippen LogP contribution in [-0.4, -0.2) is 61.0 Å². The van der Waals surface area contributed by atoms with Gasteiger partial charge in [-0.15, -0.1) is 0 Å². The first kappa shape index (κ1) is 18.3. The van der Waals surface area contributed by atoms with Crippen molar-refractivity contribution in [3.63, 3.8) is 0 Å². The SMILES string of the molecule is CCOc1nc(NCC[NH+]2CCOCC2)nc(Nc2ccc(C)cc2)n1. The summed E-state index contributed by atoms with van der Waals surface area (Å²) >= 11 is 0. The van der Waals surface area contributed by atoms with Gasteiger partial charge < -0.3 is 25.0 Å². The van der Waals surface area contributed by atoms with Gasteiger partial charge in [-0.3, -0.25) is 0 Å². The number of ether oxygens (including phenoxy) is 2. The van der Waals surface area contributed by atoms with Crippen LogP contribution in [-0.2, 0) is 4.74 Å². The lowest BCUT2D eigenvalue weighted by atomic mass is 10.2. The zero-order valence-electron chi connectivity index (χ0n) is 15.4. The van der Waals surface area contributed by atoms with Crippen LogP contribution in [0, 0.1) is 6.92 Å². The molecule has 0 aliphatic carbocycles. The Balaban J connectivity index is 1.63. The van der Waals surface area contributed by atoms with Gasteiger partial charge in [0.05, 0.1) is 32.9 Å². The van der Waals surface area contributed by atoms with Gasteiger partial charge in [0.2, 0.25) is 11.9 Å². The van der Waals surface area contributed by atoms with Crippen molar-refractivity contribution in [2.24, 2.45) is 0 Å². The maximum Gasteiger partial charge on any atom is 0.323 e. The molecule has 1 aromatic heterocycles. The van der Waals surface area contributed by atoms with Gasteiger partial charge in [-0.05, 0) is 26.0 Å². The van der Waals surface area contributed by atoms with E-state index in [1.165, 1.54) is 10.5 Å². The van der Waals surface area contributed by atoms with Gasteiger partial charge >= 0.3 is 6.01 Å². The Morgan fingerprint density at radius 3 is 2.54 bits per heavy atom. The molecule has 0 spiro atoms. The Morgan fingerprint density at radius 1 is 1.08 bits per heavy atom. The molecule has 1 aliphatic rings. The maximum atomic E-state index is 5.48. The molecule has 3 rings (SSSR count). The van der Waals surface area contributed by atoms with Crippen LogP contribution >= 0.6 is 0 Å². The van der Waals surface area contributed by atoms with Crippen LogP contribution in [0.15, 0.2) is 24.3 Å². The predicted molar refractivity (Wildman–Crippen MR) is 100 cm³/mol. The molecule has 1 saturated heterocycles. The van der Waals surface area contributed by atoms with Crippen LogP contribution < -0.4 is 20.3 Å². The summed E-state index contributed by atoms with van der Waals surface area (Å²) in [5.74, 6) is 0.985. The van der Waals surface area contributed by atoms with Gasteiger partial charge in [-0.25, -0.2) is 0 Å². The van der Waals surface area contributed by atoms with Crippen molar-refractivity contribution in [1.82, 2.24) is 15.0 Å². The van der Waals surface area contributed by atoms with Crippen molar-refractivity contribution in [3.05, 3.63) is 29.8 Å². The summed E-state index contributed by atoms with van der Waals surface area (Å²) < 4.78 is 10.9.